The zero-order chi connectivity index (χ0) is 15.9. The number of hydrogen-bond donors (Lipinski definition) is 0. The molecular weight excluding hydrogens is 280 g/mol. The molecule has 0 radical (unpaired) electrons. The molecule has 116 valence electrons. The molecule has 22 heavy (non-hydrogen) atoms. The first-order valence-electron chi connectivity index (χ1n) is 7.10. The highest BCUT2D eigenvalue weighted by Gasteiger charge is 2.08. The first-order valence-corrected chi connectivity index (χ1v) is 7.10. The summed E-state index contributed by atoms with van der Waals surface area (Å²) >= 11 is 0. The second kappa shape index (κ2) is 7.50. The average Bonchev–Trinajstić information content (AvgIpc) is 2.54. The van der Waals surface area contributed by atoms with Crippen molar-refractivity contribution in [2.45, 2.75) is 19.8 Å². The standard InChI is InChI=1S/C18H20O4/c1-13-4-8-15(9-5-13)22-18(19)11-7-14-6-10-16(20-2)17(12-14)21-3/h4-6,8-10,12H,7,11H2,1-3H3. The summed E-state index contributed by atoms with van der Waals surface area (Å²) in [4.78, 5) is 11.9. The number of ether oxygens (including phenoxy) is 3. The lowest BCUT2D eigenvalue weighted by Gasteiger charge is -2.09. The Kier molecular flexibility index (Phi) is 5.42. The SMILES string of the molecule is COc1ccc(CCC(=O)Oc2ccc(C)cc2)cc1OC. The molecule has 0 atom stereocenters. The van der Waals surface area contributed by atoms with Gasteiger partial charge in [0.15, 0.2) is 11.5 Å². The number of benzene rings is 2. The Hall–Kier alpha value is -2.49. The van der Waals surface area contributed by atoms with Gasteiger partial charge in [0.05, 0.1) is 14.2 Å². The number of methoxy groups -OCH3 is 2. The van der Waals surface area contributed by atoms with E-state index in [-0.39, 0.29) is 5.97 Å². The lowest BCUT2D eigenvalue weighted by atomic mass is 10.1. The van der Waals surface area contributed by atoms with E-state index in [2.05, 4.69) is 0 Å². The predicted octanol–water partition coefficient (Wildman–Crippen LogP) is 3.55. The molecule has 2 aromatic carbocycles. The van der Waals surface area contributed by atoms with Crippen LogP contribution in [0.5, 0.6) is 17.2 Å². The second-order valence-corrected chi connectivity index (χ2v) is 4.98. The molecule has 4 nitrogen and oxygen atoms in total. The van der Waals surface area contributed by atoms with Gasteiger partial charge in [-0.1, -0.05) is 23.8 Å². The predicted molar refractivity (Wildman–Crippen MR) is 84.7 cm³/mol. The zero-order valence-corrected chi connectivity index (χ0v) is 13.1. The first-order chi connectivity index (χ1) is 10.6. The summed E-state index contributed by atoms with van der Waals surface area (Å²) in [6, 6.07) is 13.0. The maximum absolute atomic E-state index is 11.9. The molecule has 0 N–H and O–H groups in total. The Morgan fingerprint density at radius 3 is 2.27 bits per heavy atom. The van der Waals surface area contributed by atoms with Crippen LogP contribution in [0.3, 0.4) is 0 Å². The minimum absolute atomic E-state index is 0.251. The summed E-state index contributed by atoms with van der Waals surface area (Å²) < 4.78 is 15.7. The van der Waals surface area contributed by atoms with E-state index >= 15 is 0 Å². The molecule has 0 amide bonds. The lowest BCUT2D eigenvalue weighted by molar-refractivity contribution is -0.134. The van der Waals surface area contributed by atoms with Crippen LogP contribution < -0.4 is 14.2 Å². The molecule has 0 aliphatic rings. The van der Waals surface area contributed by atoms with E-state index in [9.17, 15) is 4.79 Å². The summed E-state index contributed by atoms with van der Waals surface area (Å²) in [7, 11) is 3.18. The Balaban J connectivity index is 1.92. The van der Waals surface area contributed by atoms with Crippen molar-refractivity contribution in [1.82, 2.24) is 0 Å². The number of rotatable bonds is 6. The third-order valence-corrected chi connectivity index (χ3v) is 3.32. The maximum atomic E-state index is 11.9. The minimum Gasteiger partial charge on any atom is -0.493 e. The number of aryl methyl sites for hydroxylation is 2. The molecule has 4 heteroatoms. The van der Waals surface area contributed by atoms with Crippen LogP contribution in [0.25, 0.3) is 0 Å². The smallest absolute Gasteiger partial charge is 0.311 e. The molecule has 0 spiro atoms. The van der Waals surface area contributed by atoms with Crippen molar-refractivity contribution in [3.63, 3.8) is 0 Å². The molecule has 0 saturated heterocycles. The van der Waals surface area contributed by atoms with Gasteiger partial charge >= 0.3 is 5.97 Å². The summed E-state index contributed by atoms with van der Waals surface area (Å²) in [5, 5.41) is 0. The van der Waals surface area contributed by atoms with Crippen LogP contribution in [0.2, 0.25) is 0 Å². The number of esters is 1. The Labute approximate surface area is 130 Å². The van der Waals surface area contributed by atoms with Crippen molar-refractivity contribution >= 4 is 5.97 Å². The van der Waals surface area contributed by atoms with Crippen molar-refractivity contribution in [3.8, 4) is 17.2 Å². The minimum atomic E-state index is -0.251. The molecule has 0 fully saturated rings. The monoisotopic (exact) mass is 300 g/mol. The third kappa shape index (κ3) is 4.25. The van der Waals surface area contributed by atoms with Gasteiger partial charge < -0.3 is 14.2 Å². The number of hydrogen-bond acceptors (Lipinski definition) is 4. The van der Waals surface area contributed by atoms with E-state index in [4.69, 9.17) is 14.2 Å². The number of carbonyl (C=O) groups excluding carboxylic acids is 1. The molecule has 2 aromatic rings. The van der Waals surface area contributed by atoms with Gasteiger partial charge in [-0.2, -0.15) is 0 Å². The van der Waals surface area contributed by atoms with Crippen LogP contribution in [-0.2, 0) is 11.2 Å². The fourth-order valence-electron chi connectivity index (χ4n) is 2.07. The van der Waals surface area contributed by atoms with Crippen molar-refractivity contribution in [2.24, 2.45) is 0 Å². The third-order valence-electron chi connectivity index (χ3n) is 3.32. The summed E-state index contributed by atoms with van der Waals surface area (Å²) in [6.45, 7) is 1.99. The van der Waals surface area contributed by atoms with Gasteiger partial charge in [-0.3, -0.25) is 4.79 Å². The largest absolute Gasteiger partial charge is 0.493 e. The van der Waals surface area contributed by atoms with Crippen LogP contribution in [0.4, 0.5) is 0 Å². The molecule has 0 unspecified atom stereocenters. The molecule has 0 aliphatic heterocycles. The molecule has 0 aliphatic carbocycles. The highest BCUT2D eigenvalue weighted by Crippen LogP contribution is 2.28. The van der Waals surface area contributed by atoms with Gasteiger partial charge in [0.25, 0.3) is 0 Å². The van der Waals surface area contributed by atoms with Gasteiger partial charge in [-0.05, 0) is 43.2 Å². The van der Waals surface area contributed by atoms with Crippen molar-refractivity contribution in [2.75, 3.05) is 14.2 Å². The Morgan fingerprint density at radius 1 is 0.955 bits per heavy atom. The molecule has 2 rings (SSSR count). The van der Waals surface area contributed by atoms with Gasteiger partial charge in [0, 0.05) is 6.42 Å². The van der Waals surface area contributed by atoms with Crippen LogP contribution >= 0.6 is 0 Å². The Morgan fingerprint density at radius 2 is 1.64 bits per heavy atom. The van der Waals surface area contributed by atoms with E-state index in [1.807, 2.05) is 37.3 Å². The molecule has 0 saturated carbocycles. The summed E-state index contributed by atoms with van der Waals surface area (Å²) in [5.74, 6) is 1.65. The lowest BCUT2D eigenvalue weighted by Crippen LogP contribution is -2.09. The van der Waals surface area contributed by atoms with Crippen LogP contribution in [0.15, 0.2) is 42.5 Å². The zero-order valence-electron chi connectivity index (χ0n) is 13.1. The van der Waals surface area contributed by atoms with Crippen LogP contribution in [0, 0.1) is 6.92 Å². The van der Waals surface area contributed by atoms with E-state index in [0.717, 1.165) is 11.1 Å². The molecule has 0 heterocycles. The second-order valence-electron chi connectivity index (χ2n) is 4.98. The topological polar surface area (TPSA) is 44.8 Å². The van der Waals surface area contributed by atoms with E-state index < -0.39 is 0 Å². The van der Waals surface area contributed by atoms with Crippen molar-refractivity contribution in [3.05, 3.63) is 53.6 Å². The van der Waals surface area contributed by atoms with Crippen LogP contribution in [0.1, 0.15) is 17.5 Å². The van der Waals surface area contributed by atoms with E-state index in [1.54, 1.807) is 26.4 Å². The van der Waals surface area contributed by atoms with Gasteiger partial charge in [-0.25, -0.2) is 0 Å². The van der Waals surface area contributed by atoms with E-state index in [1.165, 1.54) is 0 Å². The highest BCUT2D eigenvalue weighted by molar-refractivity contribution is 5.72. The molecule has 0 aromatic heterocycles. The molecular formula is C18H20O4. The maximum Gasteiger partial charge on any atom is 0.311 e. The average molecular weight is 300 g/mol. The Bertz CT molecular complexity index is 632. The quantitative estimate of drug-likeness (QED) is 0.604. The highest BCUT2D eigenvalue weighted by atomic mass is 16.5. The number of carbonyl (C=O) groups is 1. The molecule has 0 bridgehead atoms. The van der Waals surface area contributed by atoms with Gasteiger partial charge in [0.2, 0.25) is 0 Å². The summed E-state index contributed by atoms with van der Waals surface area (Å²) in [6.07, 6.45) is 0.897. The fraction of sp³-hybridized carbons (Fsp3) is 0.278. The van der Waals surface area contributed by atoms with E-state index in [0.29, 0.717) is 30.1 Å². The van der Waals surface area contributed by atoms with Gasteiger partial charge in [0.1, 0.15) is 5.75 Å². The normalized spacial score (nSPS) is 10.1. The first kappa shape index (κ1) is 15.9. The van der Waals surface area contributed by atoms with Crippen molar-refractivity contribution in [1.29, 1.82) is 0 Å². The van der Waals surface area contributed by atoms with Crippen LogP contribution in [-0.4, -0.2) is 20.2 Å². The van der Waals surface area contributed by atoms with Gasteiger partial charge in [-0.15, -0.1) is 0 Å². The summed E-state index contributed by atoms with van der Waals surface area (Å²) in [5.41, 5.74) is 2.13. The van der Waals surface area contributed by atoms with Crippen molar-refractivity contribution < 1.29 is 19.0 Å². The fourth-order valence-corrected chi connectivity index (χ4v) is 2.07.